The first-order valence-corrected chi connectivity index (χ1v) is 6.15. The van der Waals surface area contributed by atoms with Gasteiger partial charge in [0.25, 0.3) is 0 Å². The summed E-state index contributed by atoms with van der Waals surface area (Å²) in [6.07, 6.45) is 1.78. The third kappa shape index (κ3) is 3.17. The van der Waals surface area contributed by atoms with Crippen LogP contribution in [0.3, 0.4) is 0 Å². The van der Waals surface area contributed by atoms with E-state index in [0.29, 0.717) is 17.5 Å². The molecule has 3 nitrogen and oxygen atoms in total. The van der Waals surface area contributed by atoms with Crippen LogP contribution in [0.2, 0.25) is 0 Å². The van der Waals surface area contributed by atoms with Gasteiger partial charge < -0.3 is 5.11 Å². The molecule has 0 radical (unpaired) electrons. The van der Waals surface area contributed by atoms with E-state index in [9.17, 15) is 13.9 Å². The predicted molar refractivity (Wildman–Crippen MR) is 67.6 cm³/mol. The van der Waals surface area contributed by atoms with Gasteiger partial charge in [0.1, 0.15) is 11.6 Å². The number of halogens is 2. The Morgan fingerprint density at radius 3 is 2.47 bits per heavy atom. The number of aryl methyl sites for hydroxylation is 2. The van der Waals surface area contributed by atoms with Crippen LogP contribution < -0.4 is 0 Å². The van der Waals surface area contributed by atoms with Gasteiger partial charge in [0, 0.05) is 31.3 Å². The molecule has 1 aromatic heterocycles. The fourth-order valence-corrected chi connectivity index (χ4v) is 2.17. The molecule has 5 heteroatoms. The summed E-state index contributed by atoms with van der Waals surface area (Å²) in [6.45, 7) is 1.94. The van der Waals surface area contributed by atoms with E-state index in [0.717, 1.165) is 11.8 Å². The summed E-state index contributed by atoms with van der Waals surface area (Å²) in [5.74, 6) is -1.27. The molecule has 0 saturated heterocycles. The van der Waals surface area contributed by atoms with E-state index in [2.05, 4.69) is 5.10 Å². The first-order chi connectivity index (χ1) is 8.99. The average Bonchev–Trinajstić information content (AvgIpc) is 2.69. The lowest BCUT2D eigenvalue weighted by atomic mass is 10.0. The van der Waals surface area contributed by atoms with Crippen molar-refractivity contribution in [2.24, 2.45) is 7.05 Å². The van der Waals surface area contributed by atoms with E-state index >= 15 is 0 Å². The first kappa shape index (κ1) is 13.7. The fourth-order valence-electron chi connectivity index (χ4n) is 2.17. The summed E-state index contributed by atoms with van der Waals surface area (Å²) in [7, 11) is 1.78. The molecule has 2 rings (SSSR count). The van der Waals surface area contributed by atoms with E-state index in [1.807, 2.05) is 6.92 Å². The molecule has 0 bridgehead atoms. The molecule has 1 N–H and O–H groups in total. The number of aliphatic hydroxyl groups excluding tert-OH is 1. The maximum absolute atomic E-state index is 13.1. The summed E-state index contributed by atoms with van der Waals surface area (Å²) >= 11 is 0. The van der Waals surface area contributed by atoms with Gasteiger partial charge in [-0.3, -0.25) is 4.68 Å². The fraction of sp³-hybridized carbons (Fsp3) is 0.357. The molecule has 1 heterocycles. The molecule has 0 aliphatic rings. The van der Waals surface area contributed by atoms with Crippen LogP contribution in [0.5, 0.6) is 0 Å². The maximum Gasteiger partial charge on any atom is 0.126 e. The lowest BCUT2D eigenvalue weighted by Gasteiger charge is -2.10. The van der Waals surface area contributed by atoms with Crippen molar-refractivity contribution in [1.82, 2.24) is 9.78 Å². The topological polar surface area (TPSA) is 38.0 Å². The Morgan fingerprint density at radius 2 is 1.89 bits per heavy atom. The molecular formula is C14H16F2N2O. The van der Waals surface area contributed by atoms with Crippen LogP contribution in [0.4, 0.5) is 8.78 Å². The van der Waals surface area contributed by atoms with Crippen LogP contribution in [0, 0.1) is 11.6 Å². The molecular weight excluding hydrogens is 250 g/mol. The minimum absolute atomic E-state index is 0.160. The minimum Gasteiger partial charge on any atom is -0.388 e. The molecule has 0 aliphatic heterocycles. The quantitative estimate of drug-likeness (QED) is 0.923. The van der Waals surface area contributed by atoms with E-state index in [-0.39, 0.29) is 6.42 Å². The lowest BCUT2D eigenvalue weighted by molar-refractivity contribution is 0.177. The van der Waals surface area contributed by atoms with E-state index in [1.165, 1.54) is 12.1 Å². The molecule has 0 fully saturated rings. The van der Waals surface area contributed by atoms with Crippen molar-refractivity contribution in [3.8, 4) is 0 Å². The van der Waals surface area contributed by atoms with Crippen LogP contribution >= 0.6 is 0 Å². The highest BCUT2D eigenvalue weighted by molar-refractivity contribution is 5.25. The Hall–Kier alpha value is -1.75. The van der Waals surface area contributed by atoms with Crippen LogP contribution in [0.1, 0.15) is 29.8 Å². The zero-order chi connectivity index (χ0) is 14.0. The van der Waals surface area contributed by atoms with Crippen LogP contribution in [-0.2, 0) is 19.9 Å². The first-order valence-electron chi connectivity index (χ1n) is 6.15. The van der Waals surface area contributed by atoms with E-state index in [1.54, 1.807) is 17.9 Å². The largest absolute Gasteiger partial charge is 0.388 e. The molecule has 1 aromatic carbocycles. The van der Waals surface area contributed by atoms with Gasteiger partial charge in [-0.2, -0.15) is 5.10 Å². The molecule has 1 atom stereocenters. The van der Waals surface area contributed by atoms with E-state index in [4.69, 9.17) is 0 Å². The summed E-state index contributed by atoms with van der Waals surface area (Å²) in [4.78, 5) is 0. The Bertz CT molecular complexity index is 561. The summed E-state index contributed by atoms with van der Waals surface area (Å²) in [5, 5.41) is 14.4. The van der Waals surface area contributed by atoms with Gasteiger partial charge in [-0.15, -0.1) is 0 Å². The molecule has 1 unspecified atom stereocenters. The summed E-state index contributed by atoms with van der Waals surface area (Å²) < 4.78 is 27.8. The molecule has 0 aliphatic carbocycles. The zero-order valence-electron chi connectivity index (χ0n) is 10.9. The monoisotopic (exact) mass is 266 g/mol. The molecule has 0 amide bonds. The Labute approximate surface area is 110 Å². The van der Waals surface area contributed by atoms with Crippen molar-refractivity contribution in [3.63, 3.8) is 0 Å². The van der Waals surface area contributed by atoms with Gasteiger partial charge >= 0.3 is 0 Å². The number of hydrogen-bond acceptors (Lipinski definition) is 2. The average molecular weight is 266 g/mol. The van der Waals surface area contributed by atoms with Crippen molar-refractivity contribution < 1.29 is 13.9 Å². The molecule has 2 aromatic rings. The minimum atomic E-state index is -0.815. The highest BCUT2D eigenvalue weighted by Gasteiger charge is 2.16. The standard InChI is InChI=1S/C14H16F2N2O/c1-3-13-12(8-18(2)17-13)14(19)6-9-4-10(15)7-11(16)5-9/h4-5,7-8,14,19H,3,6H2,1-2H3. The highest BCUT2D eigenvalue weighted by atomic mass is 19.1. The highest BCUT2D eigenvalue weighted by Crippen LogP contribution is 2.22. The van der Waals surface area contributed by atoms with Gasteiger partial charge in [-0.25, -0.2) is 8.78 Å². The second kappa shape index (κ2) is 5.48. The number of aromatic nitrogens is 2. The molecule has 102 valence electrons. The molecule has 0 spiro atoms. The smallest absolute Gasteiger partial charge is 0.126 e. The third-order valence-corrected chi connectivity index (χ3v) is 2.98. The molecule has 19 heavy (non-hydrogen) atoms. The number of benzene rings is 1. The number of nitrogens with zero attached hydrogens (tertiary/aromatic N) is 2. The van der Waals surface area contributed by atoms with Gasteiger partial charge in [-0.1, -0.05) is 6.92 Å². The van der Waals surface area contributed by atoms with Crippen molar-refractivity contribution in [2.75, 3.05) is 0 Å². The number of hydrogen-bond donors (Lipinski definition) is 1. The summed E-state index contributed by atoms with van der Waals surface area (Å²) in [5.41, 5.74) is 1.93. The third-order valence-electron chi connectivity index (χ3n) is 2.98. The second-order valence-electron chi connectivity index (χ2n) is 4.56. The van der Waals surface area contributed by atoms with Crippen LogP contribution in [0.15, 0.2) is 24.4 Å². The van der Waals surface area contributed by atoms with E-state index < -0.39 is 17.7 Å². The SMILES string of the molecule is CCc1nn(C)cc1C(O)Cc1cc(F)cc(F)c1. The molecule has 0 saturated carbocycles. The van der Waals surface area contributed by atoms with Gasteiger partial charge in [0.2, 0.25) is 0 Å². The number of aliphatic hydroxyl groups is 1. The van der Waals surface area contributed by atoms with Gasteiger partial charge in [0.05, 0.1) is 11.8 Å². The Kier molecular flexibility index (Phi) is 3.95. The summed E-state index contributed by atoms with van der Waals surface area (Å²) in [6, 6.07) is 3.28. The van der Waals surface area contributed by atoms with Crippen molar-refractivity contribution >= 4 is 0 Å². The second-order valence-corrected chi connectivity index (χ2v) is 4.56. The predicted octanol–water partition coefficient (Wildman–Crippen LogP) is 2.54. The normalized spacial score (nSPS) is 12.7. The van der Waals surface area contributed by atoms with Crippen molar-refractivity contribution in [2.45, 2.75) is 25.9 Å². The van der Waals surface area contributed by atoms with Crippen molar-refractivity contribution in [1.29, 1.82) is 0 Å². The van der Waals surface area contributed by atoms with Gasteiger partial charge in [-0.05, 0) is 24.1 Å². The van der Waals surface area contributed by atoms with Crippen LogP contribution in [-0.4, -0.2) is 14.9 Å². The maximum atomic E-state index is 13.1. The number of rotatable bonds is 4. The zero-order valence-corrected chi connectivity index (χ0v) is 10.9. The van der Waals surface area contributed by atoms with Gasteiger partial charge in [0.15, 0.2) is 0 Å². The van der Waals surface area contributed by atoms with Crippen LogP contribution in [0.25, 0.3) is 0 Å². The Morgan fingerprint density at radius 1 is 1.26 bits per heavy atom. The van der Waals surface area contributed by atoms with Crippen molar-refractivity contribution in [3.05, 3.63) is 52.9 Å². The lowest BCUT2D eigenvalue weighted by Crippen LogP contribution is -2.04. The Balaban J connectivity index is 2.22.